The van der Waals surface area contributed by atoms with Gasteiger partial charge in [0.05, 0.1) is 10.6 Å². The molecule has 0 unspecified atom stereocenters. The van der Waals surface area contributed by atoms with Gasteiger partial charge in [0.1, 0.15) is 5.01 Å². The highest BCUT2D eigenvalue weighted by molar-refractivity contribution is 7.90. The third-order valence-corrected chi connectivity index (χ3v) is 5.32. The largest absolute Gasteiger partial charge is 0.504 e. The molecule has 0 amide bonds. The number of hydrogen-bond donors (Lipinski definition) is 2. The first-order valence-electron chi connectivity index (χ1n) is 6.63. The first-order chi connectivity index (χ1) is 10.8. The van der Waals surface area contributed by atoms with E-state index in [0.29, 0.717) is 11.3 Å². The Labute approximate surface area is 137 Å². The number of nitrogens with zero attached hydrogens (tertiary/aromatic N) is 1. The Balaban J connectivity index is 1.94. The third-order valence-electron chi connectivity index (χ3n) is 3.30. The minimum absolute atomic E-state index is 0.180. The summed E-state index contributed by atoms with van der Waals surface area (Å²) in [7, 11) is -3.22. The van der Waals surface area contributed by atoms with Crippen LogP contribution in [0.3, 0.4) is 0 Å². The van der Waals surface area contributed by atoms with Gasteiger partial charge in [-0.3, -0.25) is 0 Å². The summed E-state index contributed by atoms with van der Waals surface area (Å²) in [5, 5.41) is 21.5. The predicted octanol–water partition coefficient (Wildman–Crippen LogP) is 3.29. The lowest BCUT2D eigenvalue weighted by Gasteiger charge is -2.01. The van der Waals surface area contributed by atoms with Crippen molar-refractivity contribution < 1.29 is 18.6 Å². The standard InChI is InChI=1S/C16H13NO4S2/c1-23(20,21)12-5-2-10(3-6-12)16-17-13(9-22-16)11-4-7-14(18)15(19)8-11/h2-9,18-19H,1H3. The summed E-state index contributed by atoms with van der Waals surface area (Å²) in [4.78, 5) is 4.75. The van der Waals surface area contributed by atoms with Crippen LogP contribution in [-0.2, 0) is 9.84 Å². The molecule has 0 saturated heterocycles. The zero-order valence-electron chi connectivity index (χ0n) is 12.1. The van der Waals surface area contributed by atoms with Crippen LogP contribution in [-0.4, -0.2) is 29.9 Å². The van der Waals surface area contributed by atoms with Crippen molar-refractivity contribution in [3.05, 3.63) is 47.8 Å². The van der Waals surface area contributed by atoms with Crippen molar-refractivity contribution in [2.75, 3.05) is 6.26 Å². The molecule has 0 bridgehead atoms. The zero-order chi connectivity index (χ0) is 16.6. The van der Waals surface area contributed by atoms with Crippen LogP contribution >= 0.6 is 11.3 Å². The Morgan fingerprint density at radius 1 is 0.957 bits per heavy atom. The van der Waals surface area contributed by atoms with Crippen LogP contribution in [0.1, 0.15) is 0 Å². The molecule has 0 saturated carbocycles. The second-order valence-electron chi connectivity index (χ2n) is 5.04. The molecular formula is C16H13NO4S2. The maximum absolute atomic E-state index is 11.5. The number of hydrogen-bond acceptors (Lipinski definition) is 6. The Hall–Kier alpha value is -2.38. The highest BCUT2D eigenvalue weighted by atomic mass is 32.2. The van der Waals surface area contributed by atoms with Crippen LogP contribution in [0.5, 0.6) is 11.5 Å². The van der Waals surface area contributed by atoms with Crippen LogP contribution in [0.4, 0.5) is 0 Å². The molecule has 2 N–H and O–H groups in total. The van der Waals surface area contributed by atoms with Gasteiger partial charge in [-0.1, -0.05) is 12.1 Å². The van der Waals surface area contributed by atoms with Crippen LogP contribution in [0.2, 0.25) is 0 Å². The van der Waals surface area contributed by atoms with E-state index >= 15 is 0 Å². The maximum atomic E-state index is 11.5. The monoisotopic (exact) mass is 347 g/mol. The Bertz CT molecular complexity index is 960. The number of phenols is 2. The number of rotatable bonds is 3. The average molecular weight is 347 g/mol. The summed E-state index contributed by atoms with van der Waals surface area (Å²) >= 11 is 1.42. The number of thiazole rings is 1. The van der Waals surface area contributed by atoms with Gasteiger partial charge in [-0.15, -0.1) is 11.3 Å². The van der Waals surface area contributed by atoms with Crippen molar-refractivity contribution >= 4 is 21.2 Å². The van der Waals surface area contributed by atoms with E-state index in [9.17, 15) is 18.6 Å². The molecule has 7 heteroatoms. The van der Waals surface area contributed by atoms with E-state index in [1.54, 1.807) is 30.3 Å². The molecule has 2 aromatic carbocycles. The van der Waals surface area contributed by atoms with Gasteiger partial charge >= 0.3 is 0 Å². The summed E-state index contributed by atoms with van der Waals surface area (Å²) in [5.74, 6) is -0.380. The number of sulfone groups is 1. The highest BCUT2D eigenvalue weighted by Gasteiger charge is 2.11. The number of benzene rings is 2. The van der Waals surface area contributed by atoms with Crippen molar-refractivity contribution in [3.8, 4) is 33.3 Å². The van der Waals surface area contributed by atoms with Gasteiger partial charge in [0, 0.05) is 22.8 Å². The SMILES string of the molecule is CS(=O)(=O)c1ccc(-c2nc(-c3ccc(O)c(O)c3)cs2)cc1. The lowest BCUT2D eigenvalue weighted by Crippen LogP contribution is -1.96. The topological polar surface area (TPSA) is 87.5 Å². The third kappa shape index (κ3) is 3.20. The van der Waals surface area contributed by atoms with Crippen molar-refractivity contribution in [2.24, 2.45) is 0 Å². The number of aromatic nitrogens is 1. The first-order valence-corrected chi connectivity index (χ1v) is 9.40. The lowest BCUT2D eigenvalue weighted by molar-refractivity contribution is 0.404. The molecule has 1 heterocycles. The average Bonchev–Trinajstić information content (AvgIpc) is 2.99. The van der Waals surface area contributed by atoms with Gasteiger partial charge in [0.25, 0.3) is 0 Å². The molecule has 3 aromatic rings. The summed E-state index contributed by atoms with van der Waals surface area (Å²) < 4.78 is 22.9. The van der Waals surface area contributed by atoms with Crippen LogP contribution < -0.4 is 0 Å². The van der Waals surface area contributed by atoms with E-state index in [-0.39, 0.29) is 16.4 Å². The van der Waals surface area contributed by atoms with E-state index in [1.165, 1.54) is 29.7 Å². The van der Waals surface area contributed by atoms with E-state index in [1.807, 2.05) is 5.38 Å². The van der Waals surface area contributed by atoms with E-state index in [0.717, 1.165) is 10.6 Å². The second-order valence-corrected chi connectivity index (χ2v) is 7.91. The van der Waals surface area contributed by atoms with Crippen LogP contribution in [0.15, 0.2) is 52.7 Å². The molecule has 0 fully saturated rings. The molecule has 0 aliphatic rings. The number of aromatic hydroxyl groups is 2. The van der Waals surface area contributed by atoms with Crippen molar-refractivity contribution in [3.63, 3.8) is 0 Å². The van der Waals surface area contributed by atoms with E-state index in [2.05, 4.69) is 4.98 Å². The molecule has 0 atom stereocenters. The van der Waals surface area contributed by atoms with Gasteiger partial charge in [0.15, 0.2) is 21.3 Å². The molecule has 0 radical (unpaired) electrons. The smallest absolute Gasteiger partial charge is 0.175 e. The summed E-state index contributed by atoms with van der Waals surface area (Å²) in [5.41, 5.74) is 2.18. The Morgan fingerprint density at radius 2 is 1.61 bits per heavy atom. The van der Waals surface area contributed by atoms with E-state index in [4.69, 9.17) is 0 Å². The van der Waals surface area contributed by atoms with Crippen molar-refractivity contribution in [2.45, 2.75) is 4.90 Å². The normalized spacial score (nSPS) is 11.5. The van der Waals surface area contributed by atoms with Crippen molar-refractivity contribution in [1.29, 1.82) is 0 Å². The summed E-state index contributed by atoms with van der Waals surface area (Å²) in [6.07, 6.45) is 1.17. The van der Waals surface area contributed by atoms with Gasteiger partial charge < -0.3 is 10.2 Å². The predicted molar refractivity (Wildman–Crippen MR) is 89.4 cm³/mol. The fourth-order valence-corrected chi connectivity index (χ4v) is 3.53. The molecule has 3 rings (SSSR count). The molecule has 0 aliphatic carbocycles. The molecule has 118 valence electrons. The fourth-order valence-electron chi connectivity index (χ4n) is 2.07. The highest BCUT2D eigenvalue weighted by Crippen LogP contribution is 2.33. The molecule has 0 aliphatic heterocycles. The quantitative estimate of drug-likeness (QED) is 0.710. The van der Waals surface area contributed by atoms with Gasteiger partial charge in [-0.05, 0) is 30.3 Å². The molecule has 5 nitrogen and oxygen atoms in total. The fraction of sp³-hybridized carbons (Fsp3) is 0.0625. The Kier molecular flexibility index (Phi) is 3.83. The van der Waals surface area contributed by atoms with E-state index < -0.39 is 9.84 Å². The lowest BCUT2D eigenvalue weighted by atomic mass is 10.1. The summed E-state index contributed by atoms with van der Waals surface area (Å²) in [6, 6.07) is 11.1. The van der Waals surface area contributed by atoms with Crippen LogP contribution in [0.25, 0.3) is 21.8 Å². The van der Waals surface area contributed by atoms with Gasteiger partial charge in [-0.2, -0.15) is 0 Å². The number of phenolic OH excluding ortho intramolecular Hbond substituents is 2. The molecule has 0 spiro atoms. The van der Waals surface area contributed by atoms with Gasteiger partial charge in [-0.25, -0.2) is 13.4 Å². The second kappa shape index (κ2) is 5.68. The molecule has 23 heavy (non-hydrogen) atoms. The minimum Gasteiger partial charge on any atom is -0.504 e. The molecule has 1 aromatic heterocycles. The zero-order valence-corrected chi connectivity index (χ0v) is 13.7. The van der Waals surface area contributed by atoms with Crippen molar-refractivity contribution in [1.82, 2.24) is 4.98 Å². The van der Waals surface area contributed by atoms with Gasteiger partial charge in [0.2, 0.25) is 0 Å². The Morgan fingerprint density at radius 3 is 2.22 bits per heavy atom. The summed E-state index contributed by atoms with van der Waals surface area (Å²) in [6.45, 7) is 0. The minimum atomic E-state index is -3.22. The first kappa shape index (κ1) is 15.5. The maximum Gasteiger partial charge on any atom is 0.175 e. The molecular weight excluding hydrogens is 334 g/mol. The van der Waals surface area contributed by atoms with Crippen LogP contribution in [0, 0.1) is 0 Å².